The van der Waals surface area contributed by atoms with Gasteiger partial charge in [-0.25, -0.2) is 9.67 Å². The maximum Gasteiger partial charge on any atom is 0.303 e. The van der Waals surface area contributed by atoms with E-state index in [0.717, 1.165) is 30.8 Å². The Balaban J connectivity index is 1.82. The smallest absolute Gasteiger partial charge is 0.303 e. The topological polar surface area (TPSA) is 68.0 Å². The monoisotopic (exact) mass is 339 g/mol. The van der Waals surface area contributed by atoms with Crippen LogP contribution in [0, 0.1) is 0 Å². The van der Waals surface area contributed by atoms with Crippen molar-refractivity contribution >= 4 is 5.97 Å². The first-order valence-corrected chi connectivity index (χ1v) is 9.49. The van der Waals surface area contributed by atoms with Crippen molar-refractivity contribution in [1.82, 2.24) is 14.8 Å². The predicted molar refractivity (Wildman–Crippen MR) is 95.1 cm³/mol. The van der Waals surface area contributed by atoms with Gasteiger partial charge in [0.05, 0.1) is 12.1 Å². The van der Waals surface area contributed by atoms with Gasteiger partial charge < -0.3 is 5.11 Å². The highest BCUT2D eigenvalue weighted by Gasteiger charge is 2.33. The number of nitrogens with zero attached hydrogens (tertiary/aromatic N) is 3. The average Bonchev–Trinajstić information content (AvgIpc) is 3.03. The first kappa shape index (κ1) is 16.3. The van der Waals surface area contributed by atoms with E-state index in [1.54, 1.807) is 6.20 Å². The number of rotatable bonds is 4. The molecular formula is C20H25N3O2. The van der Waals surface area contributed by atoms with Crippen molar-refractivity contribution in [2.75, 3.05) is 0 Å². The molecule has 1 atom stereocenters. The summed E-state index contributed by atoms with van der Waals surface area (Å²) >= 11 is 0. The van der Waals surface area contributed by atoms with E-state index in [1.165, 1.54) is 43.4 Å². The Morgan fingerprint density at radius 1 is 1.16 bits per heavy atom. The molecule has 0 aromatic carbocycles. The number of carbonyl (C=O) groups is 1. The highest BCUT2D eigenvalue weighted by Crippen LogP contribution is 2.43. The molecule has 0 spiro atoms. The van der Waals surface area contributed by atoms with Crippen LogP contribution < -0.4 is 0 Å². The third-order valence-electron chi connectivity index (χ3n) is 5.70. The van der Waals surface area contributed by atoms with Crippen LogP contribution in [-0.2, 0) is 11.2 Å². The molecule has 132 valence electrons. The molecule has 2 aromatic rings. The molecule has 2 aliphatic rings. The third-order valence-corrected chi connectivity index (χ3v) is 5.70. The molecule has 0 saturated heterocycles. The molecule has 2 aliphatic carbocycles. The Bertz CT molecular complexity index is 748. The van der Waals surface area contributed by atoms with E-state index in [4.69, 9.17) is 5.10 Å². The SMILES string of the molecule is O=C(O)CC1CCCc2c1c(C1CCCCC1)nn2-c1ccccn1. The third kappa shape index (κ3) is 3.20. The Morgan fingerprint density at radius 2 is 2.00 bits per heavy atom. The number of carboxylic acids is 1. The lowest BCUT2D eigenvalue weighted by Crippen LogP contribution is -2.17. The minimum atomic E-state index is -0.710. The number of pyridine rings is 1. The Morgan fingerprint density at radius 3 is 2.72 bits per heavy atom. The van der Waals surface area contributed by atoms with Gasteiger partial charge in [-0.1, -0.05) is 25.3 Å². The molecular weight excluding hydrogens is 314 g/mol. The van der Waals surface area contributed by atoms with Crippen LogP contribution in [0.25, 0.3) is 5.82 Å². The van der Waals surface area contributed by atoms with Gasteiger partial charge in [0.15, 0.2) is 5.82 Å². The highest BCUT2D eigenvalue weighted by molar-refractivity contribution is 5.68. The van der Waals surface area contributed by atoms with Crippen LogP contribution in [0.2, 0.25) is 0 Å². The van der Waals surface area contributed by atoms with Gasteiger partial charge in [0, 0.05) is 23.4 Å². The number of aliphatic carboxylic acids is 1. The second kappa shape index (κ2) is 6.98. The molecule has 0 radical (unpaired) electrons. The van der Waals surface area contributed by atoms with Crippen LogP contribution in [0.15, 0.2) is 24.4 Å². The zero-order chi connectivity index (χ0) is 17.2. The van der Waals surface area contributed by atoms with Gasteiger partial charge in [-0.3, -0.25) is 4.79 Å². The van der Waals surface area contributed by atoms with Crippen molar-refractivity contribution in [2.24, 2.45) is 0 Å². The van der Waals surface area contributed by atoms with Gasteiger partial charge >= 0.3 is 5.97 Å². The van der Waals surface area contributed by atoms with Gasteiger partial charge in [0.25, 0.3) is 0 Å². The second-order valence-corrected chi connectivity index (χ2v) is 7.37. The van der Waals surface area contributed by atoms with Gasteiger partial charge in [0.1, 0.15) is 0 Å². The van der Waals surface area contributed by atoms with E-state index in [9.17, 15) is 9.90 Å². The quantitative estimate of drug-likeness (QED) is 0.906. The lowest BCUT2D eigenvalue weighted by Gasteiger charge is -2.26. The molecule has 4 rings (SSSR count). The van der Waals surface area contributed by atoms with Crippen molar-refractivity contribution < 1.29 is 9.90 Å². The molecule has 5 nitrogen and oxygen atoms in total. The molecule has 2 aromatic heterocycles. The largest absolute Gasteiger partial charge is 0.481 e. The molecule has 25 heavy (non-hydrogen) atoms. The van der Waals surface area contributed by atoms with Gasteiger partial charge in [-0.05, 0) is 50.2 Å². The lowest BCUT2D eigenvalue weighted by molar-refractivity contribution is -0.137. The normalized spacial score (nSPS) is 21.0. The zero-order valence-electron chi connectivity index (χ0n) is 14.5. The Kier molecular flexibility index (Phi) is 4.55. The fourth-order valence-corrected chi connectivity index (χ4v) is 4.59. The fourth-order valence-electron chi connectivity index (χ4n) is 4.59. The van der Waals surface area contributed by atoms with E-state index < -0.39 is 5.97 Å². The summed E-state index contributed by atoms with van der Waals surface area (Å²) in [5, 5.41) is 14.4. The maximum atomic E-state index is 11.4. The van der Waals surface area contributed by atoms with Crippen LogP contribution in [-0.4, -0.2) is 25.8 Å². The van der Waals surface area contributed by atoms with E-state index in [1.807, 2.05) is 22.9 Å². The number of aromatic nitrogens is 3. The average molecular weight is 339 g/mol. The summed E-state index contributed by atoms with van der Waals surface area (Å²) in [6.07, 6.45) is 11.1. The number of carboxylic acid groups (broad SMARTS) is 1. The molecule has 1 N–H and O–H groups in total. The van der Waals surface area contributed by atoms with Crippen LogP contribution in [0.4, 0.5) is 0 Å². The van der Waals surface area contributed by atoms with Gasteiger partial charge in [0.2, 0.25) is 0 Å². The van der Waals surface area contributed by atoms with Crippen molar-refractivity contribution in [3.05, 3.63) is 41.3 Å². The summed E-state index contributed by atoms with van der Waals surface area (Å²) in [5.41, 5.74) is 3.58. The number of fused-ring (bicyclic) bond motifs is 1. The molecule has 0 amide bonds. The molecule has 5 heteroatoms. The van der Waals surface area contributed by atoms with E-state index in [-0.39, 0.29) is 12.3 Å². The molecule has 1 unspecified atom stereocenters. The van der Waals surface area contributed by atoms with Crippen molar-refractivity contribution in [1.29, 1.82) is 0 Å². The highest BCUT2D eigenvalue weighted by atomic mass is 16.4. The number of hydrogen-bond acceptors (Lipinski definition) is 3. The summed E-state index contributed by atoms with van der Waals surface area (Å²) in [6.45, 7) is 0. The van der Waals surface area contributed by atoms with Crippen LogP contribution >= 0.6 is 0 Å². The first-order valence-electron chi connectivity index (χ1n) is 9.49. The molecule has 0 bridgehead atoms. The summed E-state index contributed by atoms with van der Waals surface area (Å²) in [5.74, 6) is 0.701. The molecule has 0 aliphatic heterocycles. The molecule has 1 fully saturated rings. The Labute approximate surface area is 148 Å². The maximum absolute atomic E-state index is 11.4. The minimum absolute atomic E-state index is 0.0932. The summed E-state index contributed by atoms with van der Waals surface area (Å²) in [6, 6.07) is 5.88. The second-order valence-electron chi connectivity index (χ2n) is 7.37. The fraction of sp³-hybridized carbons (Fsp3) is 0.550. The summed E-state index contributed by atoms with van der Waals surface area (Å²) in [7, 11) is 0. The minimum Gasteiger partial charge on any atom is -0.481 e. The standard InChI is InChI=1S/C20H25N3O2/c24-18(25)13-15-9-6-10-16-19(15)20(14-7-2-1-3-8-14)22-23(16)17-11-4-5-12-21-17/h4-5,11-12,14-15H,1-3,6-10,13H2,(H,24,25). The Hall–Kier alpha value is -2.17. The van der Waals surface area contributed by atoms with Crippen molar-refractivity contribution in [3.8, 4) is 5.82 Å². The predicted octanol–water partition coefficient (Wildman–Crippen LogP) is 4.21. The summed E-state index contributed by atoms with van der Waals surface area (Å²) in [4.78, 5) is 15.9. The molecule has 1 saturated carbocycles. The van der Waals surface area contributed by atoms with E-state index in [2.05, 4.69) is 4.98 Å². The number of hydrogen-bond donors (Lipinski definition) is 1. The van der Waals surface area contributed by atoms with Crippen LogP contribution in [0.3, 0.4) is 0 Å². The van der Waals surface area contributed by atoms with Crippen molar-refractivity contribution in [3.63, 3.8) is 0 Å². The summed E-state index contributed by atoms with van der Waals surface area (Å²) < 4.78 is 1.99. The van der Waals surface area contributed by atoms with E-state index in [0.29, 0.717) is 5.92 Å². The lowest BCUT2D eigenvalue weighted by atomic mass is 9.78. The van der Waals surface area contributed by atoms with Crippen LogP contribution in [0.1, 0.15) is 80.2 Å². The van der Waals surface area contributed by atoms with Gasteiger partial charge in [-0.15, -0.1) is 0 Å². The van der Waals surface area contributed by atoms with Gasteiger partial charge in [-0.2, -0.15) is 5.10 Å². The zero-order valence-corrected chi connectivity index (χ0v) is 14.5. The first-order chi connectivity index (χ1) is 12.2. The van der Waals surface area contributed by atoms with Crippen LogP contribution in [0.5, 0.6) is 0 Å². The van der Waals surface area contributed by atoms with E-state index >= 15 is 0 Å². The van der Waals surface area contributed by atoms with Crippen molar-refractivity contribution in [2.45, 2.75) is 69.6 Å². The molecule has 2 heterocycles.